The molecule has 0 unspecified atom stereocenters. The number of hydrogen-bond acceptors (Lipinski definition) is 4. The van der Waals surface area contributed by atoms with Gasteiger partial charge in [0.1, 0.15) is 11.6 Å². The van der Waals surface area contributed by atoms with Crippen LogP contribution in [0.2, 0.25) is 0 Å². The van der Waals surface area contributed by atoms with Crippen molar-refractivity contribution in [2.24, 2.45) is 0 Å². The molecule has 5 nitrogen and oxygen atoms in total. The smallest absolute Gasteiger partial charge is 0.126 e. The number of aryl methyl sites for hydroxylation is 1. The molecule has 0 aliphatic heterocycles. The SMILES string of the molecule is COc1cccc2c(-c3cnnc(Cn4ccnc4C)c3)cccc12. The highest BCUT2D eigenvalue weighted by Gasteiger charge is 2.09. The van der Waals surface area contributed by atoms with Crippen LogP contribution in [0.4, 0.5) is 0 Å². The molecule has 0 atom stereocenters. The van der Waals surface area contributed by atoms with Crippen LogP contribution in [0, 0.1) is 6.92 Å². The number of nitrogens with zero attached hydrogens (tertiary/aromatic N) is 4. The van der Waals surface area contributed by atoms with Crippen molar-refractivity contribution in [2.45, 2.75) is 13.5 Å². The highest BCUT2D eigenvalue weighted by Crippen LogP contribution is 2.33. The standard InChI is InChI=1S/C20H18N4O/c1-14-21-9-10-24(14)13-16-11-15(12-22-23-16)17-5-3-7-19-18(17)6-4-8-20(19)25-2/h3-12H,13H2,1-2H3. The number of methoxy groups -OCH3 is 1. The van der Waals surface area contributed by atoms with Gasteiger partial charge in [0.2, 0.25) is 0 Å². The van der Waals surface area contributed by atoms with E-state index < -0.39 is 0 Å². The van der Waals surface area contributed by atoms with Crippen LogP contribution in [-0.2, 0) is 6.54 Å². The van der Waals surface area contributed by atoms with Gasteiger partial charge in [0.15, 0.2) is 0 Å². The molecule has 0 bridgehead atoms. The number of imidazole rings is 1. The Labute approximate surface area is 145 Å². The lowest BCUT2D eigenvalue weighted by Crippen LogP contribution is -2.04. The third-order valence-electron chi connectivity index (χ3n) is 4.37. The minimum absolute atomic E-state index is 0.654. The maximum Gasteiger partial charge on any atom is 0.126 e. The fourth-order valence-corrected chi connectivity index (χ4v) is 3.09. The van der Waals surface area contributed by atoms with Gasteiger partial charge in [0.25, 0.3) is 0 Å². The Morgan fingerprint density at radius 1 is 1.08 bits per heavy atom. The predicted octanol–water partition coefficient (Wildman–Crippen LogP) is 3.86. The minimum atomic E-state index is 0.654. The van der Waals surface area contributed by atoms with Crippen LogP contribution >= 0.6 is 0 Å². The van der Waals surface area contributed by atoms with Crippen LogP contribution in [0.3, 0.4) is 0 Å². The molecule has 0 saturated carbocycles. The van der Waals surface area contributed by atoms with E-state index in [2.05, 4.69) is 44.0 Å². The van der Waals surface area contributed by atoms with Gasteiger partial charge in [-0.3, -0.25) is 0 Å². The number of ether oxygens (including phenoxy) is 1. The van der Waals surface area contributed by atoms with Gasteiger partial charge in [-0.1, -0.05) is 30.3 Å². The lowest BCUT2D eigenvalue weighted by molar-refractivity contribution is 0.420. The molecule has 124 valence electrons. The molecule has 4 aromatic rings. The van der Waals surface area contributed by atoms with Crippen LogP contribution in [0.15, 0.2) is 61.1 Å². The summed E-state index contributed by atoms with van der Waals surface area (Å²) in [7, 11) is 1.70. The monoisotopic (exact) mass is 330 g/mol. The van der Waals surface area contributed by atoms with Crippen molar-refractivity contribution in [1.29, 1.82) is 0 Å². The highest BCUT2D eigenvalue weighted by atomic mass is 16.5. The first-order chi connectivity index (χ1) is 12.3. The number of aromatic nitrogens is 4. The predicted molar refractivity (Wildman–Crippen MR) is 97.6 cm³/mol. The van der Waals surface area contributed by atoms with Gasteiger partial charge in [-0.15, -0.1) is 0 Å². The summed E-state index contributed by atoms with van der Waals surface area (Å²) in [5.74, 6) is 1.83. The normalized spacial score (nSPS) is 11.0. The van der Waals surface area contributed by atoms with Crippen LogP contribution < -0.4 is 4.74 Å². The molecule has 4 rings (SSSR count). The van der Waals surface area contributed by atoms with E-state index in [-0.39, 0.29) is 0 Å². The molecule has 0 saturated heterocycles. The van der Waals surface area contributed by atoms with E-state index >= 15 is 0 Å². The van der Waals surface area contributed by atoms with Crippen molar-refractivity contribution in [3.63, 3.8) is 0 Å². The fourth-order valence-electron chi connectivity index (χ4n) is 3.09. The fraction of sp³-hybridized carbons (Fsp3) is 0.150. The van der Waals surface area contributed by atoms with Crippen LogP contribution in [-0.4, -0.2) is 26.9 Å². The van der Waals surface area contributed by atoms with Crippen molar-refractivity contribution in [1.82, 2.24) is 19.7 Å². The van der Waals surface area contributed by atoms with Gasteiger partial charge in [-0.05, 0) is 30.0 Å². The molecule has 5 heteroatoms. The van der Waals surface area contributed by atoms with E-state index in [1.165, 1.54) is 0 Å². The maximum atomic E-state index is 5.49. The molecule has 0 radical (unpaired) electrons. The van der Waals surface area contributed by atoms with Crippen molar-refractivity contribution in [2.75, 3.05) is 7.11 Å². The topological polar surface area (TPSA) is 52.8 Å². The van der Waals surface area contributed by atoms with Crippen LogP contribution in [0.5, 0.6) is 5.75 Å². The molecular weight excluding hydrogens is 312 g/mol. The molecular formula is C20H18N4O. The maximum absolute atomic E-state index is 5.49. The lowest BCUT2D eigenvalue weighted by atomic mass is 9.99. The van der Waals surface area contributed by atoms with Crippen LogP contribution in [0.25, 0.3) is 21.9 Å². The summed E-state index contributed by atoms with van der Waals surface area (Å²) >= 11 is 0. The summed E-state index contributed by atoms with van der Waals surface area (Å²) in [6.45, 7) is 2.63. The van der Waals surface area contributed by atoms with E-state index in [0.717, 1.165) is 39.2 Å². The second-order valence-corrected chi connectivity index (χ2v) is 5.90. The number of hydrogen-bond donors (Lipinski definition) is 0. The first-order valence-corrected chi connectivity index (χ1v) is 8.11. The Bertz CT molecular complexity index is 1040. The zero-order chi connectivity index (χ0) is 17.2. The van der Waals surface area contributed by atoms with Gasteiger partial charge < -0.3 is 9.30 Å². The minimum Gasteiger partial charge on any atom is -0.496 e. The largest absolute Gasteiger partial charge is 0.496 e. The molecule has 25 heavy (non-hydrogen) atoms. The lowest BCUT2D eigenvalue weighted by Gasteiger charge is -2.11. The molecule has 0 aliphatic carbocycles. The zero-order valence-electron chi connectivity index (χ0n) is 14.2. The Morgan fingerprint density at radius 3 is 2.72 bits per heavy atom. The first kappa shape index (κ1) is 15.3. The van der Waals surface area contributed by atoms with Crippen molar-refractivity contribution < 1.29 is 4.74 Å². The van der Waals surface area contributed by atoms with Gasteiger partial charge in [-0.25, -0.2) is 4.98 Å². The quantitative estimate of drug-likeness (QED) is 0.570. The number of rotatable bonds is 4. The van der Waals surface area contributed by atoms with E-state index in [4.69, 9.17) is 4.74 Å². The summed E-state index contributed by atoms with van der Waals surface area (Å²) in [5.41, 5.74) is 3.06. The molecule has 0 aliphatic rings. The Kier molecular flexibility index (Phi) is 3.90. The summed E-state index contributed by atoms with van der Waals surface area (Å²) in [6, 6.07) is 14.4. The highest BCUT2D eigenvalue weighted by molar-refractivity contribution is 5.99. The summed E-state index contributed by atoms with van der Waals surface area (Å²) in [6.07, 6.45) is 5.55. The third kappa shape index (κ3) is 2.85. The number of fused-ring (bicyclic) bond motifs is 1. The van der Waals surface area contributed by atoms with Gasteiger partial charge >= 0.3 is 0 Å². The summed E-state index contributed by atoms with van der Waals surface area (Å²) in [4.78, 5) is 4.25. The number of benzene rings is 2. The molecule has 0 N–H and O–H groups in total. The molecule has 2 heterocycles. The zero-order valence-corrected chi connectivity index (χ0v) is 14.2. The second-order valence-electron chi connectivity index (χ2n) is 5.90. The summed E-state index contributed by atoms with van der Waals surface area (Å²) < 4.78 is 7.54. The van der Waals surface area contributed by atoms with E-state index in [1.54, 1.807) is 19.5 Å². The van der Waals surface area contributed by atoms with E-state index in [1.807, 2.05) is 31.3 Å². The van der Waals surface area contributed by atoms with Gasteiger partial charge in [0, 0.05) is 23.3 Å². The molecule has 0 fully saturated rings. The molecule has 2 aromatic carbocycles. The van der Waals surface area contributed by atoms with Crippen molar-refractivity contribution in [3.8, 4) is 16.9 Å². The van der Waals surface area contributed by atoms with E-state index in [9.17, 15) is 0 Å². The molecule has 0 spiro atoms. The Hall–Kier alpha value is -3.21. The third-order valence-corrected chi connectivity index (χ3v) is 4.37. The van der Waals surface area contributed by atoms with Crippen molar-refractivity contribution >= 4 is 10.8 Å². The van der Waals surface area contributed by atoms with Gasteiger partial charge in [-0.2, -0.15) is 10.2 Å². The average molecular weight is 330 g/mol. The summed E-state index contributed by atoms with van der Waals surface area (Å²) in [5, 5.41) is 10.7. The average Bonchev–Trinajstić information content (AvgIpc) is 3.05. The van der Waals surface area contributed by atoms with Crippen molar-refractivity contribution in [3.05, 3.63) is 72.6 Å². The molecule has 2 aromatic heterocycles. The van der Waals surface area contributed by atoms with E-state index in [0.29, 0.717) is 6.54 Å². The first-order valence-electron chi connectivity index (χ1n) is 8.11. The Balaban J connectivity index is 1.79. The molecule has 0 amide bonds. The second kappa shape index (κ2) is 6.36. The Morgan fingerprint density at radius 2 is 1.92 bits per heavy atom. The van der Waals surface area contributed by atoms with Crippen LogP contribution in [0.1, 0.15) is 11.5 Å². The van der Waals surface area contributed by atoms with Gasteiger partial charge in [0.05, 0.1) is 25.5 Å².